The van der Waals surface area contributed by atoms with E-state index in [1.54, 1.807) is 35.4 Å². The number of benzene rings is 1. The van der Waals surface area contributed by atoms with Crippen LogP contribution in [0.5, 0.6) is 5.75 Å². The zero-order valence-electron chi connectivity index (χ0n) is 18.0. The van der Waals surface area contributed by atoms with Crippen LogP contribution in [0.4, 0.5) is 13.8 Å². The third kappa shape index (κ3) is 5.94. The molecule has 0 bridgehead atoms. The van der Waals surface area contributed by atoms with Crippen LogP contribution in [0.3, 0.4) is 0 Å². The molecule has 2 N–H and O–H groups in total. The first-order valence-corrected chi connectivity index (χ1v) is 12.1. The number of hydrazone groups is 1. The highest BCUT2D eigenvalue weighted by atomic mass is 32.1. The monoisotopic (exact) mass is 490 g/mol. The fraction of sp³-hybridized carbons (Fsp3) is 0.364. The molecule has 2 unspecified atom stereocenters. The van der Waals surface area contributed by atoms with Gasteiger partial charge in [-0.2, -0.15) is 18.3 Å². The molecule has 2 atom stereocenters. The van der Waals surface area contributed by atoms with Crippen LogP contribution in [0.25, 0.3) is 0 Å². The van der Waals surface area contributed by atoms with Crippen LogP contribution >= 0.6 is 22.7 Å². The number of anilines is 1. The number of halogens is 2. The van der Waals surface area contributed by atoms with E-state index in [-0.39, 0.29) is 17.0 Å². The first kappa shape index (κ1) is 23.3. The van der Waals surface area contributed by atoms with Gasteiger partial charge in [0.05, 0.1) is 17.9 Å². The summed E-state index contributed by atoms with van der Waals surface area (Å²) in [7, 11) is 0. The lowest BCUT2D eigenvalue weighted by molar-refractivity contribution is -0.0498. The molecule has 2 aliphatic rings. The molecule has 0 amide bonds. The lowest BCUT2D eigenvalue weighted by Gasteiger charge is -2.32. The molecular formula is C22H24F2N6OS2. The molecule has 0 spiro atoms. The molecule has 2 aromatic rings. The number of amidine groups is 1. The molecule has 0 aliphatic carbocycles. The van der Waals surface area contributed by atoms with Crippen LogP contribution in [-0.2, 0) is 0 Å². The Morgan fingerprint density at radius 2 is 2.21 bits per heavy atom. The van der Waals surface area contributed by atoms with Crippen LogP contribution in [0.1, 0.15) is 30.0 Å². The molecule has 174 valence electrons. The van der Waals surface area contributed by atoms with Crippen molar-refractivity contribution in [2.75, 3.05) is 18.5 Å². The Hall–Kier alpha value is -2.85. The summed E-state index contributed by atoms with van der Waals surface area (Å²) in [4.78, 5) is 4.79. The Balaban J connectivity index is 1.40. The number of rotatable bonds is 9. The van der Waals surface area contributed by atoms with E-state index in [0.717, 1.165) is 47.1 Å². The van der Waals surface area contributed by atoms with Crippen molar-refractivity contribution in [2.45, 2.75) is 37.7 Å². The van der Waals surface area contributed by atoms with Crippen LogP contribution in [-0.4, -0.2) is 47.1 Å². The normalized spacial score (nSPS) is 22.4. The molecule has 0 radical (unpaired) electrons. The number of aryl methyl sites for hydroxylation is 1. The largest absolute Gasteiger partial charge is 0.435 e. The van der Waals surface area contributed by atoms with Gasteiger partial charge < -0.3 is 10.1 Å². The van der Waals surface area contributed by atoms with Crippen molar-refractivity contribution in [1.29, 1.82) is 0 Å². The summed E-state index contributed by atoms with van der Waals surface area (Å²) in [6.45, 7) is 3.95. The Kier molecular flexibility index (Phi) is 7.66. The van der Waals surface area contributed by atoms with Gasteiger partial charge in [-0.3, -0.25) is 15.3 Å². The van der Waals surface area contributed by atoms with Gasteiger partial charge >= 0.3 is 6.61 Å². The van der Waals surface area contributed by atoms with Gasteiger partial charge in [0.2, 0.25) is 0 Å². The quantitative estimate of drug-likeness (QED) is 0.493. The molecule has 1 aromatic heterocycles. The van der Waals surface area contributed by atoms with Gasteiger partial charge in [0.1, 0.15) is 22.0 Å². The number of ether oxygens (including phenoxy) is 1. The summed E-state index contributed by atoms with van der Waals surface area (Å²) >= 11 is 2.99. The minimum atomic E-state index is -2.84. The van der Waals surface area contributed by atoms with Crippen LogP contribution < -0.4 is 15.4 Å². The summed E-state index contributed by atoms with van der Waals surface area (Å²) in [5.74, 6) is 0.955. The van der Waals surface area contributed by atoms with Gasteiger partial charge in [0.25, 0.3) is 0 Å². The number of nitrogens with one attached hydrogen (secondary N) is 2. The molecule has 11 heteroatoms. The van der Waals surface area contributed by atoms with Gasteiger partial charge in [-0.25, -0.2) is 0 Å². The van der Waals surface area contributed by atoms with Crippen molar-refractivity contribution < 1.29 is 13.5 Å². The first-order valence-electron chi connectivity index (χ1n) is 10.4. The van der Waals surface area contributed by atoms with E-state index < -0.39 is 6.61 Å². The van der Waals surface area contributed by atoms with Crippen LogP contribution in [0.2, 0.25) is 0 Å². The number of hydrogen-bond acceptors (Lipinski definition) is 7. The molecule has 1 saturated heterocycles. The van der Waals surface area contributed by atoms with Crippen molar-refractivity contribution in [1.82, 2.24) is 14.7 Å². The van der Waals surface area contributed by atoms with E-state index >= 15 is 0 Å². The van der Waals surface area contributed by atoms with Crippen LogP contribution in [0, 0.1) is 12.1 Å². The van der Waals surface area contributed by atoms with E-state index in [0.29, 0.717) is 6.67 Å². The second-order valence-electron chi connectivity index (χ2n) is 7.46. The number of nitrogens with zero attached hydrogens (tertiary/aromatic N) is 4. The fourth-order valence-electron chi connectivity index (χ4n) is 3.63. The predicted octanol–water partition coefficient (Wildman–Crippen LogP) is 4.82. The number of aromatic nitrogens is 1. The number of piperidine rings is 1. The molecular weight excluding hydrogens is 466 g/mol. The predicted molar refractivity (Wildman–Crippen MR) is 131 cm³/mol. The number of hydrogen-bond donors (Lipinski definition) is 2. The minimum Gasteiger partial charge on any atom is -0.435 e. The first-order chi connectivity index (χ1) is 16.0. The Morgan fingerprint density at radius 1 is 1.39 bits per heavy atom. The summed E-state index contributed by atoms with van der Waals surface area (Å²) in [5.41, 5.74) is 2.99. The van der Waals surface area contributed by atoms with E-state index in [2.05, 4.69) is 36.7 Å². The maximum atomic E-state index is 12.4. The molecule has 0 saturated carbocycles. The summed E-state index contributed by atoms with van der Waals surface area (Å²) in [6, 6.07) is 8.72. The van der Waals surface area contributed by atoms with E-state index in [9.17, 15) is 8.78 Å². The summed E-state index contributed by atoms with van der Waals surface area (Å²) in [5, 5.41) is 16.9. The van der Waals surface area contributed by atoms with Gasteiger partial charge in [-0.1, -0.05) is 17.3 Å². The molecule has 33 heavy (non-hydrogen) atoms. The van der Waals surface area contributed by atoms with Crippen molar-refractivity contribution in [3.8, 4) is 10.9 Å². The third-order valence-electron chi connectivity index (χ3n) is 5.21. The molecule has 7 nitrogen and oxygen atoms in total. The summed E-state index contributed by atoms with van der Waals surface area (Å²) in [6.07, 6.45) is 3.75. The maximum Gasteiger partial charge on any atom is 0.387 e. The van der Waals surface area contributed by atoms with Crippen LogP contribution in [0.15, 0.2) is 52.2 Å². The topological polar surface area (TPSA) is 74.1 Å². The van der Waals surface area contributed by atoms with E-state index in [1.807, 2.05) is 24.2 Å². The molecule has 1 aromatic carbocycles. The maximum absolute atomic E-state index is 12.4. The average molecular weight is 491 g/mol. The van der Waals surface area contributed by atoms with E-state index in [1.165, 1.54) is 11.5 Å². The zero-order chi connectivity index (χ0) is 23.2. The number of aliphatic imine (C=N–C) groups is 1. The number of alkyl halides is 2. The van der Waals surface area contributed by atoms with Gasteiger partial charge in [0.15, 0.2) is 0 Å². The van der Waals surface area contributed by atoms with Crippen molar-refractivity contribution >= 4 is 40.3 Å². The average Bonchev–Trinajstić information content (AvgIpc) is 3.21. The van der Waals surface area contributed by atoms with Gasteiger partial charge in [-0.05, 0) is 55.1 Å². The Bertz CT molecular complexity index is 1110. The molecule has 4 rings (SSSR count). The minimum absolute atomic E-state index is 0.00469. The summed E-state index contributed by atoms with van der Waals surface area (Å²) < 4.78 is 33.6. The van der Waals surface area contributed by atoms with Gasteiger partial charge in [0, 0.05) is 25.4 Å². The molecule has 3 heterocycles. The van der Waals surface area contributed by atoms with Gasteiger partial charge in [-0.15, -0.1) is 11.2 Å². The Labute approximate surface area is 199 Å². The fourth-order valence-corrected chi connectivity index (χ4v) is 4.92. The Morgan fingerprint density at radius 3 is 2.85 bits per heavy atom. The third-order valence-corrected chi connectivity index (χ3v) is 7.03. The van der Waals surface area contributed by atoms with Crippen molar-refractivity contribution in [2.24, 2.45) is 10.1 Å². The lowest BCUT2D eigenvalue weighted by atomic mass is 9.90. The molecule has 2 aliphatic heterocycles. The second kappa shape index (κ2) is 10.8. The standard InChI is InChI=1S/C22H24F2N6OS2/c1-14-10-19(33-29-14)26-11-16-12-32-21(16)28-13-27-20-18(4-3-9-30(20)25-2)15-5-7-17(8-6-15)31-22(23)24/h5-8,10-11,18,21-22,26,28H,2-4,9,13H2,1H3/b16-11+,27-20-. The van der Waals surface area contributed by atoms with Crippen molar-refractivity contribution in [3.05, 3.63) is 53.4 Å². The zero-order valence-corrected chi connectivity index (χ0v) is 19.6. The lowest BCUT2D eigenvalue weighted by Crippen LogP contribution is -2.38. The smallest absolute Gasteiger partial charge is 0.387 e. The second-order valence-corrected chi connectivity index (χ2v) is 9.18. The molecule has 1 fully saturated rings. The highest BCUT2D eigenvalue weighted by Gasteiger charge is 2.28. The van der Waals surface area contributed by atoms with E-state index in [4.69, 9.17) is 4.99 Å². The van der Waals surface area contributed by atoms with Crippen molar-refractivity contribution in [3.63, 3.8) is 0 Å². The SMILES string of the molecule is C=NN1CCCC(c2ccc(OC(F)F)cc2)/C1=N/CNC1S#C/C1=C\Nc1cc(C)ns1. The highest BCUT2D eigenvalue weighted by Crippen LogP contribution is 2.31. The highest BCUT2D eigenvalue weighted by molar-refractivity contribution is 7.91.